The normalized spacial score (nSPS) is 34.1. The summed E-state index contributed by atoms with van der Waals surface area (Å²) in [6, 6.07) is 8.80. The molecular formula is C27H33N3O4S. The average Bonchev–Trinajstić information content (AvgIpc) is 3.11. The molecule has 35 heavy (non-hydrogen) atoms. The molecule has 8 heteroatoms. The maximum Gasteiger partial charge on any atom is 0.247 e. The van der Waals surface area contributed by atoms with Gasteiger partial charge in [0.25, 0.3) is 0 Å². The third-order valence-corrected chi connectivity index (χ3v) is 9.63. The van der Waals surface area contributed by atoms with Gasteiger partial charge in [0.1, 0.15) is 6.04 Å². The molecule has 5 atom stereocenters. The van der Waals surface area contributed by atoms with Gasteiger partial charge in [-0.2, -0.15) is 0 Å². The van der Waals surface area contributed by atoms with Crippen LogP contribution in [0.3, 0.4) is 0 Å². The molecule has 1 aromatic rings. The van der Waals surface area contributed by atoms with E-state index in [-0.39, 0.29) is 30.9 Å². The highest BCUT2D eigenvalue weighted by molar-refractivity contribution is 8.02. The van der Waals surface area contributed by atoms with Gasteiger partial charge in [-0.15, -0.1) is 11.8 Å². The fourth-order valence-electron chi connectivity index (χ4n) is 6.31. The zero-order chi connectivity index (χ0) is 24.8. The Balaban J connectivity index is 1.61. The Labute approximate surface area is 210 Å². The predicted octanol–water partition coefficient (Wildman–Crippen LogP) is 2.47. The van der Waals surface area contributed by atoms with E-state index in [0.717, 1.165) is 18.5 Å². The molecule has 4 aliphatic heterocycles. The van der Waals surface area contributed by atoms with Crippen LogP contribution in [0.25, 0.3) is 0 Å². The van der Waals surface area contributed by atoms with Gasteiger partial charge in [-0.3, -0.25) is 14.4 Å². The fraction of sp³-hybridized carbons (Fsp3) is 0.519. The van der Waals surface area contributed by atoms with Gasteiger partial charge in [-0.25, -0.2) is 0 Å². The van der Waals surface area contributed by atoms with Crippen molar-refractivity contribution in [3.63, 3.8) is 0 Å². The Morgan fingerprint density at radius 2 is 1.71 bits per heavy atom. The molecule has 2 fully saturated rings. The third kappa shape index (κ3) is 3.64. The molecule has 0 bridgehead atoms. The molecule has 0 radical (unpaired) electrons. The van der Waals surface area contributed by atoms with Crippen LogP contribution in [0.5, 0.6) is 0 Å². The first-order valence-electron chi connectivity index (χ1n) is 12.5. The molecule has 1 aromatic carbocycles. The molecule has 1 spiro atoms. The second-order valence-corrected chi connectivity index (χ2v) is 11.8. The molecule has 4 aliphatic rings. The van der Waals surface area contributed by atoms with E-state index in [1.807, 2.05) is 60.4 Å². The molecule has 2 saturated heterocycles. The lowest BCUT2D eigenvalue weighted by Crippen LogP contribution is -2.54. The summed E-state index contributed by atoms with van der Waals surface area (Å²) >= 11 is 1.58. The molecular weight excluding hydrogens is 462 g/mol. The van der Waals surface area contributed by atoms with Crippen LogP contribution in [0.4, 0.5) is 5.69 Å². The predicted molar refractivity (Wildman–Crippen MR) is 137 cm³/mol. The Bertz CT molecular complexity index is 1080. The number of para-hydroxylation sites is 1. The van der Waals surface area contributed by atoms with E-state index >= 15 is 0 Å². The summed E-state index contributed by atoms with van der Waals surface area (Å²) in [6.07, 6.45) is 9.96. The summed E-state index contributed by atoms with van der Waals surface area (Å²) in [4.78, 5) is 47.2. The molecule has 1 N–H and O–H groups in total. The lowest BCUT2D eigenvalue weighted by Gasteiger charge is -2.36. The number of likely N-dealkylation sites (tertiary alicyclic amines) is 1. The van der Waals surface area contributed by atoms with Gasteiger partial charge in [0.2, 0.25) is 17.7 Å². The highest BCUT2D eigenvalue weighted by Gasteiger charge is 2.73. The van der Waals surface area contributed by atoms with E-state index in [0.29, 0.717) is 19.6 Å². The van der Waals surface area contributed by atoms with Crippen molar-refractivity contribution in [3.05, 3.63) is 54.6 Å². The van der Waals surface area contributed by atoms with Crippen molar-refractivity contribution < 1.29 is 19.5 Å². The van der Waals surface area contributed by atoms with Gasteiger partial charge < -0.3 is 19.8 Å². The molecule has 1 unspecified atom stereocenters. The van der Waals surface area contributed by atoms with Crippen LogP contribution in [-0.4, -0.2) is 80.9 Å². The summed E-state index contributed by atoms with van der Waals surface area (Å²) in [5.74, 6) is -1.69. The Kier molecular flexibility index (Phi) is 6.30. The van der Waals surface area contributed by atoms with Crippen LogP contribution < -0.4 is 4.90 Å². The van der Waals surface area contributed by atoms with E-state index in [2.05, 4.69) is 13.0 Å². The minimum Gasteiger partial charge on any atom is -0.395 e. The van der Waals surface area contributed by atoms with Crippen LogP contribution in [0.1, 0.15) is 26.7 Å². The molecule has 0 aromatic heterocycles. The Hall–Kier alpha value is -2.58. The van der Waals surface area contributed by atoms with Crippen LogP contribution in [-0.2, 0) is 14.4 Å². The Morgan fingerprint density at radius 1 is 0.971 bits per heavy atom. The summed E-state index contributed by atoms with van der Waals surface area (Å²) in [5, 5.41) is 9.80. The van der Waals surface area contributed by atoms with Crippen LogP contribution >= 0.6 is 11.8 Å². The van der Waals surface area contributed by atoms with E-state index in [1.165, 1.54) is 0 Å². The smallest absolute Gasteiger partial charge is 0.247 e. The standard InChI is InChI=1S/C27H33N3O4S/c1-3-4-14-28-15-9-13-27-21(24(33)30(17-18-31)22(27)25(28)34)20-23(32)29(19-10-6-5-7-11-19)16-8-12-26(20,2)35-27/h5-13,20-22,31H,3-4,14-18H2,1-2H3/t20-,21+,22?,26+,27+/m1/s1. The highest BCUT2D eigenvalue weighted by atomic mass is 32.2. The van der Waals surface area contributed by atoms with E-state index < -0.39 is 27.4 Å². The number of benzene rings is 1. The lowest BCUT2D eigenvalue weighted by molar-refractivity contribution is -0.143. The number of hydrogen-bond acceptors (Lipinski definition) is 5. The monoisotopic (exact) mass is 495 g/mol. The number of carbonyl (C=O) groups is 3. The number of aliphatic hydroxyl groups is 1. The van der Waals surface area contributed by atoms with Gasteiger partial charge in [-0.05, 0) is 25.5 Å². The minimum atomic E-state index is -0.858. The molecule has 186 valence electrons. The third-order valence-electron chi connectivity index (χ3n) is 7.83. The second-order valence-electron chi connectivity index (χ2n) is 9.98. The van der Waals surface area contributed by atoms with Crippen molar-refractivity contribution >= 4 is 35.2 Å². The van der Waals surface area contributed by atoms with E-state index in [1.54, 1.807) is 21.6 Å². The number of carbonyl (C=O) groups excluding carboxylic acids is 3. The SMILES string of the molecule is CCCCN1CC=C[C@]23S[C@@]4(C)C=CCN(c5ccccc5)C(=O)[C@H]4[C@H]2C(=O)N(CCO)C3C1=O. The van der Waals surface area contributed by atoms with Gasteiger partial charge >= 0.3 is 0 Å². The number of anilines is 1. The number of aliphatic hydroxyl groups excluding tert-OH is 1. The van der Waals surface area contributed by atoms with Crippen molar-refractivity contribution in [1.82, 2.24) is 9.80 Å². The summed E-state index contributed by atoms with van der Waals surface area (Å²) in [5.41, 5.74) is 0.796. The number of nitrogens with zero attached hydrogens (tertiary/aromatic N) is 3. The minimum absolute atomic E-state index is 0.0827. The highest BCUT2D eigenvalue weighted by Crippen LogP contribution is 2.65. The molecule has 5 rings (SSSR count). The summed E-state index contributed by atoms with van der Waals surface area (Å²) in [6.45, 7) is 5.53. The van der Waals surface area contributed by atoms with Gasteiger partial charge in [0.15, 0.2) is 0 Å². The molecule has 3 amide bonds. The quantitative estimate of drug-likeness (QED) is 0.614. The van der Waals surface area contributed by atoms with Gasteiger partial charge in [0, 0.05) is 36.6 Å². The number of fused-ring (bicyclic) bond motifs is 2. The number of unbranched alkanes of at least 4 members (excludes halogenated alkanes) is 1. The van der Waals surface area contributed by atoms with E-state index in [4.69, 9.17) is 0 Å². The number of thioether (sulfide) groups is 1. The zero-order valence-electron chi connectivity index (χ0n) is 20.3. The zero-order valence-corrected chi connectivity index (χ0v) is 21.1. The van der Waals surface area contributed by atoms with Crippen molar-refractivity contribution in [2.45, 2.75) is 42.2 Å². The second kappa shape index (κ2) is 9.13. The molecule has 4 heterocycles. The van der Waals surface area contributed by atoms with Crippen LogP contribution in [0, 0.1) is 11.8 Å². The maximum absolute atomic E-state index is 14.2. The largest absolute Gasteiger partial charge is 0.395 e. The first-order chi connectivity index (χ1) is 16.9. The van der Waals surface area contributed by atoms with Crippen molar-refractivity contribution in [3.8, 4) is 0 Å². The summed E-state index contributed by atoms with van der Waals surface area (Å²) < 4.78 is -1.49. The van der Waals surface area contributed by atoms with Crippen LogP contribution in [0.15, 0.2) is 54.6 Å². The van der Waals surface area contributed by atoms with Crippen molar-refractivity contribution in [1.29, 1.82) is 0 Å². The van der Waals surface area contributed by atoms with E-state index in [9.17, 15) is 19.5 Å². The first-order valence-corrected chi connectivity index (χ1v) is 13.3. The summed E-state index contributed by atoms with van der Waals surface area (Å²) in [7, 11) is 0. The number of amides is 3. The van der Waals surface area contributed by atoms with Crippen molar-refractivity contribution in [2.75, 3.05) is 37.7 Å². The van der Waals surface area contributed by atoms with Crippen molar-refractivity contribution in [2.24, 2.45) is 11.8 Å². The fourth-order valence-corrected chi connectivity index (χ4v) is 8.46. The Morgan fingerprint density at radius 3 is 2.43 bits per heavy atom. The number of rotatable bonds is 6. The number of hydrogen-bond donors (Lipinski definition) is 1. The lowest BCUT2D eigenvalue weighted by atomic mass is 9.74. The number of β-amino-alcohol motifs (C(OH)–C–C–N with tert-alkyl or cyclic N) is 1. The molecule has 7 nitrogen and oxygen atoms in total. The van der Waals surface area contributed by atoms with Crippen LogP contribution in [0.2, 0.25) is 0 Å². The van der Waals surface area contributed by atoms with Gasteiger partial charge in [0.05, 0.1) is 23.2 Å². The molecule has 0 aliphatic carbocycles. The molecule has 0 saturated carbocycles. The average molecular weight is 496 g/mol. The first kappa shape index (κ1) is 24.1. The topological polar surface area (TPSA) is 81.2 Å². The van der Waals surface area contributed by atoms with Gasteiger partial charge in [-0.1, -0.05) is 55.8 Å². The maximum atomic E-state index is 14.2.